The van der Waals surface area contributed by atoms with E-state index in [9.17, 15) is 0 Å². The molecule has 0 fully saturated rings. The van der Waals surface area contributed by atoms with Crippen LogP contribution < -0.4 is 0 Å². The molecule has 3 heteroatoms. The maximum Gasteiger partial charge on any atom is 0.129 e. The van der Waals surface area contributed by atoms with Gasteiger partial charge in [0.1, 0.15) is 9.68 Å². The van der Waals surface area contributed by atoms with Gasteiger partial charge in [-0.15, -0.1) is 0 Å². The van der Waals surface area contributed by atoms with Crippen LogP contribution in [-0.4, -0.2) is 24.2 Å². The molecule has 0 saturated carbocycles. The highest BCUT2D eigenvalue weighted by Gasteiger charge is 1.98. The molecule has 0 N–H and O–H groups in total. The van der Waals surface area contributed by atoms with E-state index in [1.165, 1.54) is 33.7 Å². The Kier molecular flexibility index (Phi) is 3.14. The summed E-state index contributed by atoms with van der Waals surface area (Å²) in [6.07, 6.45) is 0. The Morgan fingerprint density at radius 3 is 2.36 bits per heavy atom. The zero-order valence-electron chi connectivity index (χ0n) is 7.72. The molecule has 0 unspecified atom stereocenters. The SMILES string of the molecule is Cc1ccc(C)n1[SiH2]CC[SiH3]. The summed E-state index contributed by atoms with van der Waals surface area (Å²) in [4.78, 5) is 0. The van der Waals surface area contributed by atoms with Crippen molar-refractivity contribution in [2.45, 2.75) is 25.9 Å². The molecule has 0 bridgehead atoms. The quantitative estimate of drug-likeness (QED) is 0.592. The van der Waals surface area contributed by atoms with Crippen LogP contribution in [0.5, 0.6) is 0 Å². The zero-order valence-corrected chi connectivity index (χ0v) is 11.1. The van der Waals surface area contributed by atoms with Crippen molar-refractivity contribution in [2.75, 3.05) is 0 Å². The maximum absolute atomic E-state index is 2.54. The van der Waals surface area contributed by atoms with E-state index in [0.717, 1.165) is 0 Å². The second-order valence-electron chi connectivity index (χ2n) is 3.12. The number of aryl methyl sites for hydroxylation is 2. The molecule has 0 saturated heterocycles. The summed E-state index contributed by atoms with van der Waals surface area (Å²) >= 11 is 0. The molecule has 1 aromatic heterocycles. The number of rotatable bonds is 3. The summed E-state index contributed by atoms with van der Waals surface area (Å²) in [5.41, 5.74) is 2.92. The molecule has 0 radical (unpaired) electrons. The average Bonchev–Trinajstić information content (AvgIpc) is 2.29. The van der Waals surface area contributed by atoms with Gasteiger partial charge in [0.2, 0.25) is 0 Å². The Balaban J connectivity index is 2.67. The lowest BCUT2D eigenvalue weighted by molar-refractivity contribution is 1.06. The first kappa shape index (κ1) is 8.81. The summed E-state index contributed by atoms with van der Waals surface area (Å²) in [6, 6.07) is 7.43. The van der Waals surface area contributed by atoms with Crippen LogP contribution in [-0.2, 0) is 0 Å². The molecule has 0 aliphatic rings. The summed E-state index contributed by atoms with van der Waals surface area (Å²) < 4.78 is 2.54. The fraction of sp³-hybridized carbons (Fsp3) is 0.500. The summed E-state index contributed by atoms with van der Waals surface area (Å²) in [6.45, 7) is 4.43. The van der Waals surface area contributed by atoms with Gasteiger partial charge in [0.15, 0.2) is 0 Å². The van der Waals surface area contributed by atoms with Crippen molar-refractivity contribution in [3.8, 4) is 0 Å². The van der Waals surface area contributed by atoms with Gasteiger partial charge in [0.25, 0.3) is 0 Å². The first-order valence-corrected chi connectivity index (χ1v) is 7.43. The highest BCUT2D eigenvalue weighted by atomic mass is 28.2. The molecule has 1 nitrogen and oxygen atoms in total. The molecule has 1 rings (SSSR count). The van der Waals surface area contributed by atoms with Crippen LogP contribution in [0.15, 0.2) is 12.1 Å². The number of nitrogens with zero attached hydrogens (tertiary/aromatic N) is 1. The van der Waals surface area contributed by atoms with Crippen molar-refractivity contribution in [2.24, 2.45) is 0 Å². The standard InChI is InChI=1S/C8H17NSi2/c1-7-3-4-8(2)9(7)11-6-5-10/h3-4H,5-6,11H2,1-2,10H3. The molecule has 11 heavy (non-hydrogen) atoms. The Morgan fingerprint density at radius 1 is 1.36 bits per heavy atom. The Hall–Kier alpha value is -0.286. The lowest BCUT2D eigenvalue weighted by atomic mass is 10.5. The van der Waals surface area contributed by atoms with Gasteiger partial charge in [-0.25, -0.2) is 0 Å². The van der Waals surface area contributed by atoms with Crippen molar-refractivity contribution in [1.82, 2.24) is 4.23 Å². The summed E-state index contributed by atoms with van der Waals surface area (Å²) in [5.74, 6) is 0. The first-order chi connectivity index (χ1) is 5.25. The van der Waals surface area contributed by atoms with Gasteiger partial charge in [-0.1, -0.05) is 6.04 Å². The second kappa shape index (κ2) is 3.92. The normalized spacial score (nSPS) is 11.8. The minimum Gasteiger partial charge on any atom is -0.382 e. The number of aromatic nitrogens is 1. The Labute approximate surface area is 74.1 Å². The van der Waals surface area contributed by atoms with E-state index in [-0.39, 0.29) is 9.68 Å². The van der Waals surface area contributed by atoms with Crippen LogP contribution in [0.25, 0.3) is 0 Å². The van der Waals surface area contributed by atoms with E-state index in [4.69, 9.17) is 0 Å². The molecular formula is C8H17NSi2. The predicted octanol–water partition coefficient (Wildman–Crippen LogP) is 0.239. The fourth-order valence-electron chi connectivity index (χ4n) is 1.37. The van der Waals surface area contributed by atoms with Crippen LogP contribution in [0.2, 0.25) is 12.1 Å². The maximum atomic E-state index is 2.54. The van der Waals surface area contributed by atoms with Crippen LogP contribution in [0.1, 0.15) is 11.4 Å². The average molecular weight is 183 g/mol. The van der Waals surface area contributed by atoms with E-state index in [1.807, 2.05) is 0 Å². The molecule has 0 atom stereocenters. The van der Waals surface area contributed by atoms with Gasteiger partial charge in [-0.2, -0.15) is 0 Å². The minimum atomic E-state index is 0.0243. The number of hydrogen-bond acceptors (Lipinski definition) is 0. The Morgan fingerprint density at radius 2 is 1.91 bits per heavy atom. The van der Waals surface area contributed by atoms with Crippen LogP contribution in [0.4, 0.5) is 0 Å². The Bertz CT molecular complexity index is 210. The van der Waals surface area contributed by atoms with E-state index >= 15 is 0 Å². The first-order valence-electron chi connectivity index (χ1n) is 4.38. The van der Waals surface area contributed by atoms with Crippen LogP contribution in [0, 0.1) is 13.8 Å². The third kappa shape index (κ3) is 2.07. The largest absolute Gasteiger partial charge is 0.382 e. The summed E-state index contributed by atoms with van der Waals surface area (Å²) in [5, 5.41) is 0. The minimum absolute atomic E-state index is 0.0243. The molecule has 62 valence electrons. The smallest absolute Gasteiger partial charge is 0.129 e. The van der Waals surface area contributed by atoms with Gasteiger partial charge in [0.05, 0.1) is 0 Å². The zero-order chi connectivity index (χ0) is 8.27. The second-order valence-corrected chi connectivity index (χ2v) is 5.91. The van der Waals surface area contributed by atoms with Crippen molar-refractivity contribution in [1.29, 1.82) is 0 Å². The lowest BCUT2D eigenvalue weighted by Gasteiger charge is -2.06. The van der Waals surface area contributed by atoms with Crippen LogP contribution in [0.3, 0.4) is 0 Å². The monoisotopic (exact) mass is 183 g/mol. The van der Waals surface area contributed by atoms with Gasteiger partial charge < -0.3 is 4.23 Å². The molecule has 0 spiro atoms. The third-order valence-corrected chi connectivity index (χ3v) is 6.74. The molecule has 0 amide bonds. The predicted molar refractivity (Wildman–Crippen MR) is 57.4 cm³/mol. The molecule has 0 aromatic carbocycles. The van der Waals surface area contributed by atoms with E-state index in [2.05, 4.69) is 30.2 Å². The van der Waals surface area contributed by atoms with E-state index in [1.54, 1.807) is 0 Å². The van der Waals surface area contributed by atoms with Gasteiger partial charge in [-0.3, -0.25) is 0 Å². The van der Waals surface area contributed by atoms with E-state index in [0.29, 0.717) is 0 Å². The van der Waals surface area contributed by atoms with Crippen molar-refractivity contribution >= 4 is 19.9 Å². The molecule has 0 aliphatic heterocycles. The molecule has 1 heterocycles. The molecular weight excluding hydrogens is 166 g/mol. The fourth-order valence-corrected chi connectivity index (χ4v) is 3.87. The third-order valence-electron chi connectivity index (χ3n) is 2.15. The van der Waals surface area contributed by atoms with Gasteiger partial charge in [0, 0.05) is 21.6 Å². The van der Waals surface area contributed by atoms with Gasteiger partial charge in [-0.05, 0) is 32.0 Å². The van der Waals surface area contributed by atoms with Crippen LogP contribution >= 0.6 is 0 Å². The van der Waals surface area contributed by atoms with Gasteiger partial charge >= 0.3 is 0 Å². The molecule has 1 aromatic rings. The molecule has 0 aliphatic carbocycles. The van der Waals surface area contributed by atoms with Crippen molar-refractivity contribution < 1.29 is 0 Å². The topological polar surface area (TPSA) is 4.93 Å². The number of hydrogen-bond donors (Lipinski definition) is 0. The van der Waals surface area contributed by atoms with Crippen molar-refractivity contribution in [3.63, 3.8) is 0 Å². The highest BCUT2D eigenvalue weighted by Crippen LogP contribution is 2.05. The van der Waals surface area contributed by atoms with Crippen molar-refractivity contribution in [3.05, 3.63) is 23.5 Å². The summed E-state index contributed by atoms with van der Waals surface area (Å²) in [7, 11) is 1.40. The lowest BCUT2D eigenvalue weighted by Crippen LogP contribution is -2.08. The van der Waals surface area contributed by atoms with E-state index < -0.39 is 0 Å². The highest BCUT2D eigenvalue weighted by molar-refractivity contribution is 6.35.